The standard InChI is InChI=1S/C11H13ClN2O3S2/c1-19(16,17)9-7-18-6-5-14(9)11(15)8-3-2-4-13-10(8)12/h2-4,9H,5-7H2,1H3. The molecule has 1 amide bonds. The van der Waals surface area contributed by atoms with Crippen molar-refractivity contribution in [2.24, 2.45) is 0 Å². The van der Waals surface area contributed by atoms with Gasteiger partial charge in [0.15, 0.2) is 9.84 Å². The lowest BCUT2D eigenvalue weighted by atomic mass is 10.2. The summed E-state index contributed by atoms with van der Waals surface area (Å²) in [5, 5.41) is -0.701. The molecule has 1 aliphatic rings. The van der Waals surface area contributed by atoms with Crippen LogP contribution in [0.3, 0.4) is 0 Å². The van der Waals surface area contributed by atoms with E-state index in [1.807, 2.05) is 0 Å². The molecule has 0 radical (unpaired) electrons. The van der Waals surface area contributed by atoms with Crippen LogP contribution in [-0.2, 0) is 9.84 Å². The Morgan fingerprint density at radius 1 is 1.58 bits per heavy atom. The Labute approximate surface area is 121 Å². The van der Waals surface area contributed by atoms with E-state index in [9.17, 15) is 13.2 Å². The first-order chi connectivity index (χ1) is 8.91. The van der Waals surface area contributed by atoms with Crippen LogP contribution in [0.5, 0.6) is 0 Å². The third-order valence-corrected chi connectivity index (χ3v) is 5.77. The maximum atomic E-state index is 12.4. The van der Waals surface area contributed by atoms with Gasteiger partial charge in [0.1, 0.15) is 10.5 Å². The van der Waals surface area contributed by atoms with Crippen molar-refractivity contribution in [1.82, 2.24) is 9.88 Å². The van der Waals surface area contributed by atoms with Crippen LogP contribution in [0.15, 0.2) is 18.3 Å². The number of carbonyl (C=O) groups is 1. The lowest BCUT2D eigenvalue weighted by Gasteiger charge is -2.34. The molecule has 1 saturated heterocycles. The minimum Gasteiger partial charge on any atom is -0.320 e. The number of thioether (sulfide) groups is 1. The van der Waals surface area contributed by atoms with Crippen molar-refractivity contribution in [3.8, 4) is 0 Å². The van der Waals surface area contributed by atoms with Gasteiger partial charge in [0.2, 0.25) is 0 Å². The monoisotopic (exact) mass is 320 g/mol. The number of halogens is 1. The molecule has 0 spiro atoms. The van der Waals surface area contributed by atoms with Gasteiger partial charge in [-0.05, 0) is 12.1 Å². The number of sulfone groups is 1. The molecule has 2 heterocycles. The van der Waals surface area contributed by atoms with Crippen molar-refractivity contribution < 1.29 is 13.2 Å². The summed E-state index contributed by atoms with van der Waals surface area (Å²) >= 11 is 7.42. The Morgan fingerprint density at radius 2 is 2.32 bits per heavy atom. The van der Waals surface area contributed by atoms with Gasteiger partial charge < -0.3 is 4.90 Å². The van der Waals surface area contributed by atoms with E-state index in [2.05, 4.69) is 4.98 Å². The van der Waals surface area contributed by atoms with Crippen LogP contribution >= 0.6 is 23.4 Å². The first-order valence-electron chi connectivity index (χ1n) is 5.59. The molecule has 1 fully saturated rings. The van der Waals surface area contributed by atoms with Gasteiger partial charge in [-0.2, -0.15) is 11.8 Å². The summed E-state index contributed by atoms with van der Waals surface area (Å²) in [4.78, 5) is 17.6. The number of aromatic nitrogens is 1. The first kappa shape index (κ1) is 14.6. The van der Waals surface area contributed by atoms with Gasteiger partial charge >= 0.3 is 0 Å². The summed E-state index contributed by atoms with van der Waals surface area (Å²) < 4.78 is 23.5. The molecular weight excluding hydrogens is 308 g/mol. The molecule has 8 heteroatoms. The third kappa shape index (κ3) is 3.21. The van der Waals surface area contributed by atoms with E-state index in [1.54, 1.807) is 12.1 Å². The van der Waals surface area contributed by atoms with Crippen molar-refractivity contribution in [2.75, 3.05) is 24.3 Å². The fourth-order valence-electron chi connectivity index (χ4n) is 1.87. The minimum atomic E-state index is -3.32. The molecule has 5 nitrogen and oxygen atoms in total. The Morgan fingerprint density at radius 3 is 2.95 bits per heavy atom. The molecule has 0 aromatic carbocycles. The van der Waals surface area contributed by atoms with E-state index in [0.29, 0.717) is 12.3 Å². The molecule has 1 aliphatic heterocycles. The molecule has 1 aromatic rings. The normalized spacial score (nSPS) is 20.3. The molecule has 0 bridgehead atoms. The van der Waals surface area contributed by atoms with Gasteiger partial charge in [-0.25, -0.2) is 13.4 Å². The number of amides is 1. The van der Waals surface area contributed by atoms with Crippen LogP contribution in [0.4, 0.5) is 0 Å². The van der Waals surface area contributed by atoms with Gasteiger partial charge in [-0.3, -0.25) is 4.79 Å². The largest absolute Gasteiger partial charge is 0.320 e. The fraction of sp³-hybridized carbons (Fsp3) is 0.455. The molecule has 1 unspecified atom stereocenters. The Hall–Kier alpha value is -0.790. The van der Waals surface area contributed by atoms with E-state index < -0.39 is 15.2 Å². The van der Waals surface area contributed by atoms with Gasteiger partial charge in [-0.1, -0.05) is 11.6 Å². The first-order valence-corrected chi connectivity index (χ1v) is 9.08. The summed E-state index contributed by atoms with van der Waals surface area (Å²) in [5.41, 5.74) is 0.240. The van der Waals surface area contributed by atoms with Crippen molar-refractivity contribution in [3.63, 3.8) is 0 Å². The molecule has 2 rings (SSSR count). The number of carbonyl (C=O) groups excluding carboxylic acids is 1. The van der Waals surface area contributed by atoms with Crippen LogP contribution in [0.1, 0.15) is 10.4 Å². The highest BCUT2D eigenvalue weighted by atomic mass is 35.5. The molecule has 0 N–H and O–H groups in total. The summed E-state index contributed by atoms with van der Waals surface area (Å²) in [6.45, 7) is 0.395. The maximum Gasteiger partial charge on any atom is 0.258 e. The van der Waals surface area contributed by atoms with E-state index >= 15 is 0 Å². The lowest BCUT2D eigenvalue weighted by molar-refractivity contribution is 0.0749. The Bertz CT molecular complexity index is 591. The lowest BCUT2D eigenvalue weighted by Crippen LogP contribution is -2.50. The molecule has 0 saturated carbocycles. The quantitative estimate of drug-likeness (QED) is 0.768. The second-order valence-electron chi connectivity index (χ2n) is 4.20. The number of pyridine rings is 1. The average Bonchev–Trinajstić information content (AvgIpc) is 2.37. The van der Waals surface area contributed by atoms with Gasteiger partial charge in [0, 0.05) is 30.5 Å². The van der Waals surface area contributed by atoms with Crippen LogP contribution in [0, 0.1) is 0 Å². The molecule has 1 atom stereocenters. The summed E-state index contributed by atoms with van der Waals surface area (Å²) in [7, 11) is -3.32. The highest BCUT2D eigenvalue weighted by Gasteiger charge is 2.35. The maximum absolute atomic E-state index is 12.4. The van der Waals surface area contributed by atoms with Crippen LogP contribution in [0.25, 0.3) is 0 Å². The number of hydrogen-bond acceptors (Lipinski definition) is 5. The van der Waals surface area contributed by atoms with Crippen molar-refractivity contribution in [1.29, 1.82) is 0 Å². The van der Waals surface area contributed by atoms with Crippen LogP contribution in [0.2, 0.25) is 5.15 Å². The van der Waals surface area contributed by atoms with Gasteiger partial charge in [0.25, 0.3) is 5.91 Å². The average molecular weight is 321 g/mol. The zero-order valence-corrected chi connectivity index (χ0v) is 12.6. The number of nitrogens with zero attached hydrogens (tertiary/aromatic N) is 2. The summed E-state index contributed by atoms with van der Waals surface area (Å²) in [5.74, 6) is 0.729. The van der Waals surface area contributed by atoms with E-state index in [4.69, 9.17) is 11.6 Å². The zero-order chi connectivity index (χ0) is 14.0. The topological polar surface area (TPSA) is 67.3 Å². The van der Waals surface area contributed by atoms with Crippen LogP contribution in [-0.4, -0.2) is 53.9 Å². The molecule has 104 valence electrons. The summed E-state index contributed by atoms with van der Waals surface area (Å²) in [6.07, 6.45) is 2.63. The molecule has 1 aromatic heterocycles. The predicted octanol–water partition coefficient (Wildman–Crippen LogP) is 1.29. The highest BCUT2D eigenvalue weighted by molar-refractivity contribution is 8.00. The Balaban J connectivity index is 2.34. The second-order valence-corrected chi connectivity index (χ2v) is 7.91. The highest BCUT2D eigenvalue weighted by Crippen LogP contribution is 2.24. The SMILES string of the molecule is CS(=O)(=O)C1CSCCN1C(=O)c1cccnc1Cl. The molecule has 0 aliphatic carbocycles. The van der Waals surface area contributed by atoms with Gasteiger partial charge in [-0.15, -0.1) is 0 Å². The summed E-state index contributed by atoms with van der Waals surface area (Å²) in [6, 6.07) is 3.16. The fourth-order valence-corrected chi connectivity index (χ4v) is 4.88. The van der Waals surface area contributed by atoms with Crippen LogP contribution < -0.4 is 0 Å². The Kier molecular flexibility index (Phi) is 4.37. The number of rotatable bonds is 2. The smallest absolute Gasteiger partial charge is 0.258 e. The van der Waals surface area contributed by atoms with Crippen molar-refractivity contribution in [3.05, 3.63) is 29.0 Å². The zero-order valence-electron chi connectivity index (χ0n) is 10.2. The van der Waals surface area contributed by atoms with Gasteiger partial charge in [0.05, 0.1) is 5.56 Å². The van der Waals surface area contributed by atoms with E-state index in [1.165, 1.54) is 22.9 Å². The van der Waals surface area contributed by atoms with Crippen molar-refractivity contribution >= 4 is 39.1 Å². The third-order valence-electron chi connectivity index (χ3n) is 2.83. The van der Waals surface area contributed by atoms with Crippen molar-refractivity contribution in [2.45, 2.75) is 5.37 Å². The predicted molar refractivity (Wildman–Crippen MR) is 76.2 cm³/mol. The second kappa shape index (κ2) is 5.68. The number of hydrogen-bond donors (Lipinski definition) is 0. The van der Waals surface area contributed by atoms with E-state index in [-0.39, 0.29) is 16.6 Å². The van der Waals surface area contributed by atoms with E-state index in [0.717, 1.165) is 12.0 Å². The molecular formula is C11H13ClN2O3S2. The minimum absolute atomic E-state index is 0.0953. The molecule has 19 heavy (non-hydrogen) atoms.